The molecule has 0 saturated carbocycles. The minimum Gasteiger partial charge on any atom is -0.450 e. The Bertz CT molecular complexity index is 863. The molecule has 2 amide bonds. The van der Waals surface area contributed by atoms with Crippen molar-refractivity contribution < 1.29 is 19.2 Å². The van der Waals surface area contributed by atoms with Gasteiger partial charge in [-0.2, -0.15) is 0 Å². The molecule has 0 spiro atoms. The summed E-state index contributed by atoms with van der Waals surface area (Å²) >= 11 is 1.65. The third-order valence-corrected chi connectivity index (χ3v) is 6.10. The Morgan fingerprint density at radius 2 is 1.83 bits per heavy atom. The van der Waals surface area contributed by atoms with Gasteiger partial charge >= 0.3 is 6.09 Å². The van der Waals surface area contributed by atoms with Crippen molar-refractivity contribution in [3.05, 3.63) is 16.3 Å². The number of anilines is 1. The number of rotatable bonds is 9. The van der Waals surface area contributed by atoms with Crippen molar-refractivity contribution in [2.45, 2.75) is 48.1 Å². The zero-order valence-corrected chi connectivity index (χ0v) is 19.0. The van der Waals surface area contributed by atoms with Crippen LogP contribution in [0, 0.1) is 13.8 Å². The average molecular weight is 423 g/mol. The molecule has 0 fully saturated rings. The fraction of sp³-hybridized carbons (Fsp3) is 0.600. The Kier molecular flexibility index (Phi) is 8.33. The Balaban J connectivity index is 2.41. The molecule has 0 aliphatic carbocycles. The number of carbonyl (C=O) groups is 2. The number of aryl methyl sites for hydroxylation is 2. The molecule has 0 atom stereocenters. The Morgan fingerprint density at radius 3 is 2.41 bits per heavy atom. The maximum atomic E-state index is 12.4. The maximum Gasteiger partial charge on any atom is 0.413 e. The summed E-state index contributed by atoms with van der Waals surface area (Å²) in [5.74, 6) is 1.11. The fourth-order valence-electron chi connectivity index (χ4n) is 3.13. The van der Waals surface area contributed by atoms with E-state index in [9.17, 15) is 9.59 Å². The van der Waals surface area contributed by atoms with Crippen molar-refractivity contribution in [2.24, 2.45) is 0 Å². The third-order valence-electron chi connectivity index (χ3n) is 5.00. The number of aromatic nitrogens is 2. The molecule has 2 aromatic heterocycles. The lowest BCUT2D eigenvalue weighted by Gasteiger charge is -2.23. The summed E-state index contributed by atoms with van der Waals surface area (Å²) in [5, 5.41) is 3.24. The van der Waals surface area contributed by atoms with Crippen LogP contribution in [-0.2, 0) is 16.1 Å². The van der Waals surface area contributed by atoms with E-state index in [-0.39, 0.29) is 13.2 Å². The monoisotopic (exact) mass is 422 g/mol. The van der Waals surface area contributed by atoms with Gasteiger partial charge in [-0.1, -0.05) is 0 Å². The van der Waals surface area contributed by atoms with E-state index in [1.165, 1.54) is 9.78 Å². The second-order valence-corrected chi connectivity index (χ2v) is 8.05. The van der Waals surface area contributed by atoms with Crippen LogP contribution in [0.2, 0.25) is 0 Å². The molecule has 0 aromatic carbocycles. The summed E-state index contributed by atoms with van der Waals surface area (Å²) in [5.41, 5.74) is 1.13. The number of hydrogen-bond acceptors (Lipinski definition) is 7. The number of fused-ring (bicyclic) bond motifs is 1. The number of likely N-dealkylation sites (N-methyl/N-ethyl adjacent to an activating group) is 1. The topological polar surface area (TPSA) is 88.9 Å². The number of alkyl carbamates (subject to hydrolysis) is 1. The molecule has 0 radical (unpaired) electrons. The van der Waals surface area contributed by atoms with Crippen molar-refractivity contribution in [1.82, 2.24) is 15.3 Å². The third kappa shape index (κ3) is 5.63. The molecular weight excluding hydrogens is 390 g/mol. The first-order chi connectivity index (χ1) is 13.8. The summed E-state index contributed by atoms with van der Waals surface area (Å²) in [7, 11) is 0. The summed E-state index contributed by atoms with van der Waals surface area (Å²) < 4.78 is 4.80. The molecule has 0 unspecified atom stereocenters. The number of amides is 2. The Hall–Kier alpha value is -2.26. The SMILES string of the molecule is CCOC(=O)NC(=O)CN(CC)c1nc(C[NH+](CC)CC)nc2sc(C)c(C)c12. The molecule has 9 heteroatoms. The molecule has 2 aromatic rings. The summed E-state index contributed by atoms with van der Waals surface area (Å²) in [6, 6.07) is 0. The molecule has 8 nitrogen and oxygen atoms in total. The lowest BCUT2D eigenvalue weighted by atomic mass is 10.2. The minimum atomic E-state index is -0.727. The molecule has 2 rings (SSSR count). The van der Waals surface area contributed by atoms with Crippen molar-refractivity contribution in [3.8, 4) is 0 Å². The number of quaternary nitrogens is 1. The zero-order chi connectivity index (χ0) is 21.6. The van der Waals surface area contributed by atoms with Crippen LogP contribution in [0.25, 0.3) is 10.2 Å². The van der Waals surface area contributed by atoms with Gasteiger partial charge in [0.2, 0.25) is 5.91 Å². The predicted molar refractivity (Wildman–Crippen MR) is 116 cm³/mol. The second-order valence-electron chi connectivity index (χ2n) is 6.84. The van der Waals surface area contributed by atoms with E-state index in [0.29, 0.717) is 6.54 Å². The highest BCUT2D eigenvalue weighted by atomic mass is 32.1. The highest BCUT2D eigenvalue weighted by Crippen LogP contribution is 2.34. The zero-order valence-electron chi connectivity index (χ0n) is 18.2. The van der Waals surface area contributed by atoms with Gasteiger partial charge in [0, 0.05) is 11.4 Å². The van der Waals surface area contributed by atoms with E-state index in [1.54, 1.807) is 18.3 Å². The van der Waals surface area contributed by atoms with Gasteiger partial charge in [0.25, 0.3) is 0 Å². The number of ether oxygens (including phenoxy) is 1. The first-order valence-corrected chi connectivity index (χ1v) is 11.0. The first-order valence-electron chi connectivity index (χ1n) is 10.2. The van der Waals surface area contributed by atoms with Crippen molar-refractivity contribution in [2.75, 3.05) is 37.7 Å². The van der Waals surface area contributed by atoms with Crippen LogP contribution in [0.4, 0.5) is 10.6 Å². The van der Waals surface area contributed by atoms with Gasteiger partial charge in [0.15, 0.2) is 5.82 Å². The largest absolute Gasteiger partial charge is 0.450 e. The quantitative estimate of drug-likeness (QED) is 0.641. The van der Waals surface area contributed by atoms with Gasteiger partial charge in [-0.3, -0.25) is 10.1 Å². The number of thiophene rings is 1. The molecular formula is C20H32N5O3S+. The Morgan fingerprint density at radius 1 is 1.14 bits per heavy atom. The minimum absolute atomic E-state index is 0.0212. The van der Waals surface area contributed by atoms with Crippen LogP contribution >= 0.6 is 11.3 Å². The van der Waals surface area contributed by atoms with Crippen molar-refractivity contribution >= 4 is 39.4 Å². The summed E-state index contributed by atoms with van der Waals surface area (Å²) in [4.78, 5) is 39.0. The molecule has 160 valence electrons. The van der Waals surface area contributed by atoms with Gasteiger partial charge in [0.05, 0.1) is 31.6 Å². The van der Waals surface area contributed by atoms with E-state index in [0.717, 1.165) is 47.1 Å². The van der Waals surface area contributed by atoms with Crippen LogP contribution in [0.5, 0.6) is 0 Å². The summed E-state index contributed by atoms with van der Waals surface area (Å²) in [6.45, 7) is 15.6. The molecule has 2 heterocycles. The average Bonchev–Trinajstić information content (AvgIpc) is 2.97. The lowest BCUT2D eigenvalue weighted by molar-refractivity contribution is -0.910. The number of hydrogen-bond donors (Lipinski definition) is 2. The molecule has 2 N–H and O–H groups in total. The van der Waals surface area contributed by atoms with Crippen LogP contribution in [0.15, 0.2) is 0 Å². The number of nitrogens with one attached hydrogen (secondary N) is 2. The lowest BCUT2D eigenvalue weighted by Crippen LogP contribution is -3.10. The number of carbonyl (C=O) groups excluding carboxylic acids is 2. The van der Waals surface area contributed by atoms with Gasteiger partial charge in [-0.25, -0.2) is 14.8 Å². The van der Waals surface area contributed by atoms with Crippen molar-refractivity contribution in [1.29, 1.82) is 0 Å². The molecule has 29 heavy (non-hydrogen) atoms. The highest BCUT2D eigenvalue weighted by molar-refractivity contribution is 7.18. The van der Waals surface area contributed by atoms with Crippen LogP contribution in [-0.4, -0.2) is 54.8 Å². The normalized spacial score (nSPS) is 11.1. The molecule has 0 aliphatic rings. The molecule has 0 saturated heterocycles. The van der Waals surface area contributed by atoms with E-state index in [4.69, 9.17) is 14.7 Å². The van der Waals surface area contributed by atoms with Gasteiger partial charge in [-0.15, -0.1) is 11.3 Å². The van der Waals surface area contributed by atoms with Crippen molar-refractivity contribution in [3.63, 3.8) is 0 Å². The molecule has 0 bridgehead atoms. The van der Waals surface area contributed by atoms with E-state index in [2.05, 4.69) is 33.0 Å². The fourth-order valence-corrected chi connectivity index (χ4v) is 4.18. The first kappa shape index (κ1) is 23.0. The van der Waals surface area contributed by atoms with Gasteiger partial charge in [0.1, 0.15) is 17.2 Å². The maximum absolute atomic E-state index is 12.4. The van der Waals surface area contributed by atoms with Crippen LogP contribution in [0.1, 0.15) is 44.0 Å². The van der Waals surface area contributed by atoms with E-state index >= 15 is 0 Å². The van der Waals surface area contributed by atoms with E-state index < -0.39 is 12.0 Å². The Labute approximate surface area is 176 Å². The second kappa shape index (κ2) is 10.5. The van der Waals surface area contributed by atoms with Gasteiger partial charge in [-0.05, 0) is 47.1 Å². The predicted octanol–water partition coefficient (Wildman–Crippen LogP) is 1.83. The van der Waals surface area contributed by atoms with E-state index in [1.807, 2.05) is 11.8 Å². The molecule has 0 aliphatic heterocycles. The van der Waals surface area contributed by atoms with Crippen LogP contribution < -0.4 is 15.1 Å². The number of imide groups is 1. The highest BCUT2D eigenvalue weighted by Gasteiger charge is 2.22. The number of nitrogens with zero attached hydrogens (tertiary/aromatic N) is 3. The summed E-state index contributed by atoms with van der Waals surface area (Å²) in [6.07, 6.45) is -0.727. The smallest absolute Gasteiger partial charge is 0.413 e. The standard InChI is InChI=1S/C20H31N5O3S/c1-7-24(8-2)11-15-21-18(17-13(5)14(6)29-19(17)22-15)25(9-3)12-16(26)23-20(27)28-10-4/h7-12H2,1-6H3,(H,23,26,27)/p+1. The van der Waals surface area contributed by atoms with Crippen LogP contribution in [0.3, 0.4) is 0 Å². The van der Waals surface area contributed by atoms with Gasteiger partial charge < -0.3 is 14.5 Å².